The Bertz CT molecular complexity index is 1400. The molecule has 0 radical (unpaired) electrons. The monoisotopic (exact) mass is 715 g/mol. The van der Waals surface area contributed by atoms with E-state index in [-0.39, 0.29) is 24.9 Å². The van der Waals surface area contributed by atoms with Gasteiger partial charge < -0.3 is 10.2 Å². The first-order chi connectivity index (χ1) is 18.9. The van der Waals surface area contributed by atoms with Gasteiger partial charge in [-0.25, -0.2) is 8.42 Å². The number of carbonyl (C=O) groups excluding carboxylic acids is 2. The predicted octanol–water partition coefficient (Wildman–Crippen LogP) is 5.92. The molecule has 2 amide bonds. The molecule has 0 aliphatic rings. The van der Waals surface area contributed by atoms with Crippen molar-refractivity contribution in [1.82, 2.24) is 10.2 Å². The van der Waals surface area contributed by atoms with Crippen molar-refractivity contribution in [2.45, 2.75) is 45.3 Å². The van der Waals surface area contributed by atoms with Crippen LogP contribution in [0.15, 0.2) is 72.8 Å². The number of rotatable bonds is 12. The highest BCUT2D eigenvalue weighted by Gasteiger charge is 2.34. The number of sulfonamides is 1. The third-order valence-electron chi connectivity index (χ3n) is 6.46. The topological polar surface area (TPSA) is 86.8 Å². The first kappa shape index (κ1) is 32.2. The molecule has 0 aliphatic carbocycles. The summed E-state index contributed by atoms with van der Waals surface area (Å²) in [4.78, 5) is 29.2. The second kappa shape index (κ2) is 14.5. The zero-order chi connectivity index (χ0) is 29.4. The first-order valence-corrected chi connectivity index (χ1v) is 16.4. The summed E-state index contributed by atoms with van der Waals surface area (Å²) >= 11 is 15.1. The molecule has 0 aliphatic heterocycles. The van der Waals surface area contributed by atoms with Crippen molar-refractivity contribution in [2.24, 2.45) is 0 Å². The lowest BCUT2D eigenvalue weighted by Gasteiger charge is -2.34. The maximum atomic E-state index is 14.1. The molecule has 40 heavy (non-hydrogen) atoms. The van der Waals surface area contributed by atoms with Crippen LogP contribution in [-0.4, -0.2) is 50.0 Å². The maximum absolute atomic E-state index is 14.1. The Hall–Kier alpha value is -2.34. The van der Waals surface area contributed by atoms with Gasteiger partial charge in [-0.2, -0.15) is 0 Å². The number of nitrogens with zero attached hydrogens (tertiary/aromatic N) is 2. The number of anilines is 1. The Balaban J connectivity index is 2.10. The van der Waals surface area contributed by atoms with Crippen molar-refractivity contribution in [2.75, 3.05) is 17.1 Å². The van der Waals surface area contributed by atoms with Crippen LogP contribution >= 0.6 is 45.8 Å². The summed E-state index contributed by atoms with van der Waals surface area (Å²) in [6.07, 6.45) is 1.95. The molecule has 2 atom stereocenters. The summed E-state index contributed by atoms with van der Waals surface area (Å²) in [5, 5.41) is 3.66. The lowest BCUT2D eigenvalue weighted by atomic mass is 10.0. The van der Waals surface area contributed by atoms with Crippen molar-refractivity contribution >= 4 is 73.3 Å². The van der Waals surface area contributed by atoms with Gasteiger partial charge in [0.1, 0.15) is 12.6 Å². The van der Waals surface area contributed by atoms with Crippen LogP contribution in [0.2, 0.25) is 10.0 Å². The smallest absolute Gasteiger partial charge is 0.244 e. The van der Waals surface area contributed by atoms with Gasteiger partial charge in [0.05, 0.1) is 11.9 Å². The van der Waals surface area contributed by atoms with Gasteiger partial charge >= 0.3 is 0 Å². The van der Waals surface area contributed by atoms with Gasteiger partial charge in [-0.05, 0) is 77.9 Å². The molecule has 0 aromatic heterocycles. The minimum Gasteiger partial charge on any atom is -0.352 e. The summed E-state index contributed by atoms with van der Waals surface area (Å²) in [5.41, 5.74) is 1.65. The number of amides is 2. The third kappa shape index (κ3) is 8.83. The molecule has 0 bridgehead atoms. The summed E-state index contributed by atoms with van der Waals surface area (Å²) in [6, 6.07) is 20.1. The van der Waals surface area contributed by atoms with Gasteiger partial charge in [0.25, 0.3) is 0 Å². The highest BCUT2D eigenvalue weighted by Crippen LogP contribution is 2.28. The van der Waals surface area contributed by atoms with Gasteiger partial charge in [-0.3, -0.25) is 13.9 Å². The molecule has 0 heterocycles. The molecule has 3 rings (SSSR count). The van der Waals surface area contributed by atoms with E-state index in [1.165, 1.54) is 4.90 Å². The molecule has 0 fully saturated rings. The third-order valence-corrected chi connectivity index (χ3v) is 9.02. The largest absolute Gasteiger partial charge is 0.352 e. The van der Waals surface area contributed by atoms with E-state index in [0.29, 0.717) is 27.7 Å². The Morgan fingerprint density at radius 2 is 1.55 bits per heavy atom. The normalized spacial score (nSPS) is 12.8. The minimum absolute atomic E-state index is 0.0902. The summed E-state index contributed by atoms with van der Waals surface area (Å²) in [5.74, 6) is -0.921. The second-order valence-electron chi connectivity index (χ2n) is 9.49. The van der Waals surface area contributed by atoms with Crippen molar-refractivity contribution in [3.63, 3.8) is 0 Å². The SMILES string of the molecule is CC[C@H](C)NC(=O)[C@@H](Cc1ccccc1)N(Cc1c(Cl)cccc1Cl)C(=O)CN(c1ccc(I)cc1)S(C)(=O)=O. The number of hydrogen-bond donors (Lipinski definition) is 1. The lowest BCUT2D eigenvalue weighted by Crippen LogP contribution is -2.54. The minimum atomic E-state index is -3.85. The fourth-order valence-corrected chi connectivity index (χ4v) is 5.80. The van der Waals surface area contributed by atoms with Crippen LogP contribution in [0.25, 0.3) is 0 Å². The van der Waals surface area contributed by atoms with E-state index in [0.717, 1.165) is 19.7 Å². The van der Waals surface area contributed by atoms with Gasteiger partial charge in [0.2, 0.25) is 21.8 Å². The van der Waals surface area contributed by atoms with Gasteiger partial charge in [0.15, 0.2) is 0 Å². The Kier molecular flexibility index (Phi) is 11.7. The van der Waals surface area contributed by atoms with Crippen molar-refractivity contribution in [1.29, 1.82) is 0 Å². The van der Waals surface area contributed by atoms with E-state index in [1.54, 1.807) is 42.5 Å². The Morgan fingerprint density at radius 1 is 0.950 bits per heavy atom. The van der Waals surface area contributed by atoms with E-state index in [1.807, 2.05) is 44.2 Å². The van der Waals surface area contributed by atoms with E-state index in [4.69, 9.17) is 23.2 Å². The maximum Gasteiger partial charge on any atom is 0.244 e. The number of carbonyl (C=O) groups is 2. The molecule has 0 spiro atoms. The van der Waals surface area contributed by atoms with Crippen molar-refractivity contribution < 1.29 is 18.0 Å². The summed E-state index contributed by atoms with van der Waals surface area (Å²) < 4.78 is 27.7. The molecule has 0 unspecified atom stereocenters. The molecule has 0 saturated carbocycles. The van der Waals surface area contributed by atoms with Crippen LogP contribution in [0.5, 0.6) is 0 Å². The molecular formula is C29H32Cl2IN3O4S. The van der Waals surface area contributed by atoms with Gasteiger partial charge in [-0.1, -0.05) is 66.5 Å². The molecule has 0 saturated heterocycles. The van der Waals surface area contributed by atoms with E-state index in [2.05, 4.69) is 27.9 Å². The molecular weight excluding hydrogens is 684 g/mol. The number of benzene rings is 3. The Labute approximate surface area is 260 Å². The average molecular weight is 716 g/mol. The zero-order valence-electron chi connectivity index (χ0n) is 22.5. The molecule has 214 valence electrons. The quantitative estimate of drug-likeness (QED) is 0.236. The highest BCUT2D eigenvalue weighted by molar-refractivity contribution is 14.1. The fraction of sp³-hybridized carbons (Fsp3) is 0.310. The second-order valence-corrected chi connectivity index (χ2v) is 13.5. The predicted molar refractivity (Wildman–Crippen MR) is 170 cm³/mol. The van der Waals surface area contributed by atoms with Gasteiger partial charge in [-0.15, -0.1) is 0 Å². The number of halogens is 3. The zero-order valence-corrected chi connectivity index (χ0v) is 27.0. The highest BCUT2D eigenvalue weighted by atomic mass is 127. The van der Waals surface area contributed by atoms with E-state index < -0.39 is 28.5 Å². The standard InChI is InChI=1S/C29H32Cl2IN3O4S/c1-4-20(2)33-29(37)27(17-21-9-6-5-7-10-21)34(18-24-25(30)11-8-12-26(24)31)28(36)19-35(40(3,38)39)23-15-13-22(32)14-16-23/h5-16,20,27H,4,17-19H2,1-3H3,(H,33,37)/t20-,27+/m0/s1. The van der Waals surface area contributed by atoms with Crippen molar-refractivity contribution in [3.05, 3.63) is 97.5 Å². The van der Waals surface area contributed by atoms with Crippen LogP contribution in [0.3, 0.4) is 0 Å². The van der Waals surface area contributed by atoms with E-state index in [9.17, 15) is 18.0 Å². The van der Waals surface area contributed by atoms with Gasteiger partial charge in [0, 0.05) is 38.2 Å². The Morgan fingerprint density at radius 3 is 2.10 bits per heavy atom. The number of hydrogen-bond acceptors (Lipinski definition) is 4. The summed E-state index contributed by atoms with van der Waals surface area (Å²) in [6.45, 7) is 3.24. The molecule has 11 heteroatoms. The van der Waals surface area contributed by atoms with Crippen LogP contribution in [0.1, 0.15) is 31.4 Å². The fourth-order valence-electron chi connectivity index (χ4n) is 4.07. The first-order valence-electron chi connectivity index (χ1n) is 12.7. The van der Waals surface area contributed by atoms with Crippen LogP contribution in [-0.2, 0) is 32.6 Å². The molecule has 7 nitrogen and oxygen atoms in total. The molecule has 3 aromatic rings. The van der Waals surface area contributed by atoms with E-state index >= 15 is 0 Å². The lowest BCUT2D eigenvalue weighted by molar-refractivity contribution is -0.140. The van der Waals surface area contributed by atoms with Crippen molar-refractivity contribution in [3.8, 4) is 0 Å². The van der Waals surface area contributed by atoms with Crippen LogP contribution in [0, 0.1) is 3.57 Å². The van der Waals surface area contributed by atoms with Crippen LogP contribution < -0.4 is 9.62 Å². The summed E-state index contributed by atoms with van der Waals surface area (Å²) in [7, 11) is -3.85. The number of nitrogens with one attached hydrogen (secondary N) is 1. The van der Waals surface area contributed by atoms with Crippen LogP contribution in [0.4, 0.5) is 5.69 Å². The molecule has 1 N–H and O–H groups in total. The molecule has 3 aromatic carbocycles. The average Bonchev–Trinajstić information content (AvgIpc) is 2.91.